The summed E-state index contributed by atoms with van der Waals surface area (Å²) in [6.07, 6.45) is 0.273. The lowest BCUT2D eigenvalue weighted by molar-refractivity contribution is -0.386. The summed E-state index contributed by atoms with van der Waals surface area (Å²) in [6.45, 7) is 6.40. The van der Waals surface area contributed by atoms with Gasteiger partial charge in [0, 0.05) is 18.7 Å². The zero-order valence-electron chi connectivity index (χ0n) is 16.6. The SMILES string of the molecule is CC(C)(C)C1CC(COc2ccc(CN=S(=O)=O)cc2[N+](=O)[O-])CCN1C(=O)O. The molecule has 11 heteroatoms. The Hall–Kier alpha value is -2.69. The predicted octanol–water partition coefficient (Wildman–Crippen LogP) is 3.34. The van der Waals surface area contributed by atoms with Gasteiger partial charge in [-0.25, -0.2) is 4.79 Å². The van der Waals surface area contributed by atoms with Gasteiger partial charge in [0.05, 0.1) is 18.1 Å². The van der Waals surface area contributed by atoms with Crippen LogP contribution in [0.15, 0.2) is 22.6 Å². The fourth-order valence-corrected chi connectivity index (χ4v) is 3.76. The summed E-state index contributed by atoms with van der Waals surface area (Å²) in [5.41, 5.74) is -0.115. The minimum absolute atomic E-state index is 0.0620. The first-order chi connectivity index (χ1) is 13.5. The van der Waals surface area contributed by atoms with Crippen LogP contribution in [0.4, 0.5) is 10.5 Å². The molecule has 1 fully saturated rings. The Morgan fingerprint density at radius 2 is 2.10 bits per heavy atom. The van der Waals surface area contributed by atoms with Gasteiger partial charge in [0.1, 0.15) is 0 Å². The fraction of sp³-hybridized carbons (Fsp3) is 0.611. The standard InChI is InChI=1S/C18H25N3O7S/c1-18(2,3)16-9-13(6-7-20(16)17(22)23)11-28-15-5-4-12(10-19-29(26)27)8-14(15)21(24)25/h4-5,8,13,16H,6-7,9-11H2,1-3H3,(H,22,23). The van der Waals surface area contributed by atoms with Crippen LogP contribution in [0.1, 0.15) is 39.2 Å². The van der Waals surface area contributed by atoms with Crippen LogP contribution in [0, 0.1) is 21.4 Å². The van der Waals surface area contributed by atoms with Crippen molar-refractivity contribution >= 4 is 22.3 Å². The van der Waals surface area contributed by atoms with Gasteiger partial charge in [-0.05, 0) is 35.8 Å². The Morgan fingerprint density at radius 1 is 1.41 bits per heavy atom. The Labute approximate surface area is 170 Å². The number of hydrogen-bond acceptors (Lipinski definition) is 7. The van der Waals surface area contributed by atoms with Crippen molar-refractivity contribution in [1.82, 2.24) is 4.90 Å². The lowest BCUT2D eigenvalue weighted by Gasteiger charge is -2.44. The molecule has 1 aliphatic heterocycles. The van der Waals surface area contributed by atoms with Gasteiger partial charge in [0.2, 0.25) is 0 Å². The van der Waals surface area contributed by atoms with E-state index in [1.165, 1.54) is 23.1 Å². The number of hydrogen-bond donors (Lipinski definition) is 1. The highest BCUT2D eigenvalue weighted by atomic mass is 32.2. The van der Waals surface area contributed by atoms with Gasteiger partial charge in [-0.2, -0.15) is 12.8 Å². The van der Waals surface area contributed by atoms with Crippen LogP contribution in [0.5, 0.6) is 5.75 Å². The molecule has 29 heavy (non-hydrogen) atoms. The summed E-state index contributed by atoms with van der Waals surface area (Å²) in [5, 5.41) is 20.8. The second kappa shape index (κ2) is 9.21. The first-order valence-electron chi connectivity index (χ1n) is 9.15. The summed E-state index contributed by atoms with van der Waals surface area (Å²) < 4.78 is 30.1. The number of piperidine rings is 1. The van der Waals surface area contributed by atoms with E-state index in [0.29, 0.717) is 24.9 Å². The number of carboxylic acid groups (broad SMARTS) is 1. The molecule has 0 aliphatic carbocycles. The van der Waals surface area contributed by atoms with Gasteiger partial charge >= 0.3 is 22.3 Å². The molecule has 0 saturated carbocycles. The zero-order valence-corrected chi connectivity index (χ0v) is 17.4. The predicted molar refractivity (Wildman–Crippen MR) is 104 cm³/mol. The van der Waals surface area contributed by atoms with Crippen LogP contribution in [-0.2, 0) is 17.0 Å². The molecule has 1 amide bonds. The van der Waals surface area contributed by atoms with Gasteiger partial charge in [0.15, 0.2) is 5.75 Å². The van der Waals surface area contributed by atoms with Crippen LogP contribution in [0.2, 0.25) is 0 Å². The van der Waals surface area contributed by atoms with Crippen molar-refractivity contribution in [1.29, 1.82) is 0 Å². The molecule has 2 atom stereocenters. The van der Waals surface area contributed by atoms with E-state index >= 15 is 0 Å². The number of amides is 1. The van der Waals surface area contributed by atoms with Crippen LogP contribution in [0.3, 0.4) is 0 Å². The highest BCUT2D eigenvalue weighted by Gasteiger charge is 2.38. The Balaban J connectivity index is 2.11. The molecule has 1 aromatic rings. The zero-order chi connectivity index (χ0) is 21.8. The third-order valence-electron chi connectivity index (χ3n) is 5.00. The lowest BCUT2D eigenvalue weighted by Crippen LogP contribution is -2.52. The quantitative estimate of drug-likeness (QED) is 0.542. The minimum atomic E-state index is -2.58. The summed E-state index contributed by atoms with van der Waals surface area (Å²) in [5.74, 6) is 0.155. The number of nitro groups is 1. The van der Waals surface area contributed by atoms with E-state index in [1.54, 1.807) is 0 Å². The van der Waals surface area contributed by atoms with E-state index < -0.39 is 21.5 Å². The number of nitrogens with zero attached hydrogens (tertiary/aromatic N) is 3. The van der Waals surface area contributed by atoms with E-state index in [9.17, 15) is 28.4 Å². The largest absolute Gasteiger partial charge is 0.487 e. The van der Waals surface area contributed by atoms with E-state index in [0.717, 1.165) is 0 Å². The fourth-order valence-electron chi connectivity index (χ4n) is 3.50. The normalized spacial score (nSPS) is 19.5. The van der Waals surface area contributed by atoms with Crippen LogP contribution < -0.4 is 4.74 Å². The van der Waals surface area contributed by atoms with Crippen molar-refractivity contribution in [2.45, 2.75) is 46.2 Å². The maximum absolute atomic E-state index is 11.5. The second-order valence-electron chi connectivity index (χ2n) is 8.12. The first kappa shape index (κ1) is 22.6. The monoisotopic (exact) mass is 427 g/mol. The highest BCUT2D eigenvalue weighted by molar-refractivity contribution is 7.61. The number of benzene rings is 1. The topological polar surface area (TPSA) is 139 Å². The van der Waals surface area contributed by atoms with E-state index in [-0.39, 0.29) is 42.0 Å². The third-order valence-corrected chi connectivity index (χ3v) is 5.34. The second-order valence-corrected chi connectivity index (χ2v) is 8.82. The number of nitro benzene ring substituents is 1. The Morgan fingerprint density at radius 3 is 2.66 bits per heavy atom. The summed E-state index contributed by atoms with van der Waals surface area (Å²) in [7, 11) is -2.58. The lowest BCUT2D eigenvalue weighted by atomic mass is 9.77. The van der Waals surface area contributed by atoms with Gasteiger partial charge in [-0.3, -0.25) is 10.1 Å². The maximum Gasteiger partial charge on any atom is 0.407 e. The third kappa shape index (κ3) is 6.14. The maximum atomic E-state index is 11.5. The van der Waals surface area contributed by atoms with Crippen LogP contribution in [0.25, 0.3) is 0 Å². The van der Waals surface area contributed by atoms with E-state index in [2.05, 4.69) is 4.36 Å². The van der Waals surface area contributed by atoms with E-state index in [4.69, 9.17) is 4.74 Å². The molecule has 1 aliphatic rings. The smallest absolute Gasteiger partial charge is 0.407 e. The molecule has 1 heterocycles. The average molecular weight is 427 g/mol. The van der Waals surface area contributed by atoms with Crippen molar-refractivity contribution in [2.75, 3.05) is 13.2 Å². The molecule has 1 aromatic carbocycles. The summed E-state index contributed by atoms with van der Waals surface area (Å²) in [4.78, 5) is 23.8. The molecule has 1 N–H and O–H groups in total. The van der Waals surface area contributed by atoms with Gasteiger partial charge in [-0.15, -0.1) is 0 Å². The van der Waals surface area contributed by atoms with E-state index in [1.807, 2.05) is 20.8 Å². The summed E-state index contributed by atoms with van der Waals surface area (Å²) >= 11 is 0. The summed E-state index contributed by atoms with van der Waals surface area (Å²) in [6, 6.07) is 4.04. The highest BCUT2D eigenvalue weighted by Crippen LogP contribution is 2.36. The van der Waals surface area contributed by atoms with Crippen molar-refractivity contribution in [3.8, 4) is 5.75 Å². The van der Waals surface area contributed by atoms with Crippen molar-refractivity contribution < 1.29 is 28.0 Å². The van der Waals surface area contributed by atoms with Crippen molar-refractivity contribution in [3.05, 3.63) is 33.9 Å². The Kier molecular flexibility index (Phi) is 7.17. The number of ether oxygens (including phenoxy) is 1. The molecular formula is C18H25N3O7S. The molecular weight excluding hydrogens is 402 g/mol. The minimum Gasteiger partial charge on any atom is -0.487 e. The number of carbonyl (C=O) groups is 1. The molecule has 0 radical (unpaired) electrons. The molecule has 0 spiro atoms. The first-order valence-corrected chi connectivity index (χ1v) is 10.2. The van der Waals surface area contributed by atoms with Gasteiger partial charge in [0.25, 0.3) is 0 Å². The van der Waals surface area contributed by atoms with Crippen molar-refractivity contribution in [3.63, 3.8) is 0 Å². The average Bonchev–Trinajstić information content (AvgIpc) is 2.63. The molecule has 10 nitrogen and oxygen atoms in total. The Bertz CT molecular complexity index is 901. The van der Waals surface area contributed by atoms with Crippen molar-refractivity contribution in [2.24, 2.45) is 15.7 Å². The number of likely N-dealkylation sites (tertiary alicyclic amines) is 1. The molecule has 160 valence electrons. The van der Waals surface area contributed by atoms with Gasteiger partial charge < -0.3 is 14.7 Å². The van der Waals surface area contributed by atoms with Crippen LogP contribution in [-0.4, -0.2) is 48.6 Å². The molecule has 2 unspecified atom stereocenters. The molecule has 1 saturated heterocycles. The molecule has 0 bridgehead atoms. The van der Waals surface area contributed by atoms with Crippen LogP contribution >= 0.6 is 0 Å². The molecule has 2 rings (SSSR count). The number of rotatable bonds is 6. The van der Waals surface area contributed by atoms with Gasteiger partial charge in [-0.1, -0.05) is 26.8 Å². The molecule has 0 aromatic heterocycles.